The molecule has 1 atom stereocenters. The van der Waals surface area contributed by atoms with Crippen molar-refractivity contribution < 1.29 is 19.1 Å². The molecule has 3 aromatic rings. The van der Waals surface area contributed by atoms with E-state index in [4.69, 9.17) is 14.3 Å². The van der Waals surface area contributed by atoms with Gasteiger partial charge in [0.1, 0.15) is 0 Å². The normalized spacial score (nSPS) is 16.6. The molecular weight excluding hydrogens is 414 g/mol. The van der Waals surface area contributed by atoms with Gasteiger partial charge in [0.25, 0.3) is 5.91 Å². The molecule has 31 heavy (non-hydrogen) atoms. The number of hydrogen-bond acceptors (Lipinski definition) is 7. The summed E-state index contributed by atoms with van der Waals surface area (Å²) < 4.78 is 10.7. The van der Waals surface area contributed by atoms with Crippen LogP contribution in [0.2, 0.25) is 0 Å². The first-order chi connectivity index (χ1) is 15.2. The number of rotatable bonds is 7. The van der Waals surface area contributed by atoms with Crippen LogP contribution in [0.25, 0.3) is 11.3 Å². The van der Waals surface area contributed by atoms with E-state index in [-0.39, 0.29) is 12.7 Å². The molecule has 0 fully saturated rings. The lowest BCUT2D eigenvalue weighted by Gasteiger charge is -2.08. The van der Waals surface area contributed by atoms with Gasteiger partial charge in [-0.2, -0.15) is 0 Å². The van der Waals surface area contributed by atoms with Crippen LogP contribution >= 0.6 is 11.3 Å². The smallest absolute Gasteiger partial charge is 0.264 e. The van der Waals surface area contributed by atoms with Crippen molar-refractivity contribution in [3.63, 3.8) is 0 Å². The molecule has 1 amide bonds. The molecule has 0 saturated heterocycles. The van der Waals surface area contributed by atoms with Crippen molar-refractivity contribution in [2.75, 3.05) is 13.3 Å². The van der Waals surface area contributed by atoms with Crippen molar-refractivity contribution in [1.29, 1.82) is 0 Å². The third kappa shape index (κ3) is 4.54. The van der Waals surface area contributed by atoms with E-state index >= 15 is 0 Å². The van der Waals surface area contributed by atoms with Crippen molar-refractivity contribution in [1.82, 2.24) is 10.3 Å². The van der Waals surface area contributed by atoms with E-state index in [0.29, 0.717) is 25.8 Å². The summed E-state index contributed by atoms with van der Waals surface area (Å²) >= 11 is 1.60. The summed E-state index contributed by atoms with van der Waals surface area (Å²) in [4.78, 5) is 22.5. The van der Waals surface area contributed by atoms with Gasteiger partial charge in [-0.15, -0.1) is 11.3 Å². The topological polar surface area (TPSA) is 82.0 Å². The summed E-state index contributed by atoms with van der Waals surface area (Å²) in [6.45, 7) is 0.761. The minimum Gasteiger partial charge on any atom is -0.454 e. The number of amides is 1. The second-order valence-electron chi connectivity index (χ2n) is 7.35. The van der Waals surface area contributed by atoms with E-state index in [1.807, 2.05) is 53.9 Å². The van der Waals surface area contributed by atoms with Crippen LogP contribution in [-0.2, 0) is 22.5 Å². The maximum absolute atomic E-state index is 12.5. The monoisotopic (exact) mass is 435 g/mol. The van der Waals surface area contributed by atoms with E-state index in [2.05, 4.69) is 15.5 Å². The van der Waals surface area contributed by atoms with Crippen LogP contribution in [0, 0.1) is 0 Å². The Morgan fingerprint density at radius 3 is 2.90 bits per heavy atom. The van der Waals surface area contributed by atoms with Crippen molar-refractivity contribution >= 4 is 23.0 Å². The Bertz CT molecular complexity index is 1110. The van der Waals surface area contributed by atoms with Crippen LogP contribution in [-0.4, -0.2) is 36.0 Å². The summed E-state index contributed by atoms with van der Waals surface area (Å²) in [7, 11) is 0. The van der Waals surface area contributed by atoms with Gasteiger partial charge in [0.2, 0.25) is 12.9 Å². The number of oxime groups is 1. The number of thiazole rings is 1. The fourth-order valence-electron chi connectivity index (χ4n) is 3.53. The zero-order valence-corrected chi connectivity index (χ0v) is 17.6. The van der Waals surface area contributed by atoms with Gasteiger partial charge in [-0.25, -0.2) is 4.98 Å². The summed E-state index contributed by atoms with van der Waals surface area (Å²) in [6.07, 6.45) is 1.19. The molecule has 0 radical (unpaired) electrons. The van der Waals surface area contributed by atoms with Crippen LogP contribution < -0.4 is 14.8 Å². The first kappa shape index (κ1) is 19.6. The average Bonchev–Trinajstić information content (AvgIpc) is 3.55. The lowest BCUT2D eigenvalue weighted by molar-refractivity contribution is -0.131. The molecule has 7 nitrogen and oxygen atoms in total. The lowest BCUT2D eigenvalue weighted by atomic mass is 10.0. The van der Waals surface area contributed by atoms with Gasteiger partial charge in [0.05, 0.1) is 16.4 Å². The second-order valence-corrected chi connectivity index (χ2v) is 8.30. The first-order valence-corrected chi connectivity index (χ1v) is 11.0. The molecule has 3 heterocycles. The first-order valence-electron chi connectivity index (χ1n) is 10.1. The maximum atomic E-state index is 12.5. The zero-order chi connectivity index (χ0) is 21.0. The summed E-state index contributed by atoms with van der Waals surface area (Å²) in [5.74, 6) is 1.34. The molecule has 1 N–H and O–H groups in total. The van der Waals surface area contributed by atoms with Gasteiger partial charge in [0.15, 0.2) is 11.5 Å². The predicted octanol–water partition coefficient (Wildman–Crippen LogP) is 3.59. The molecule has 8 heteroatoms. The number of aromatic nitrogens is 1. The third-order valence-corrected chi connectivity index (χ3v) is 6.04. The van der Waals surface area contributed by atoms with Gasteiger partial charge in [-0.1, -0.05) is 41.6 Å². The second kappa shape index (κ2) is 8.77. The summed E-state index contributed by atoms with van der Waals surface area (Å²) in [6, 6.07) is 15.9. The maximum Gasteiger partial charge on any atom is 0.264 e. The number of nitrogens with one attached hydrogen (secondary N) is 1. The lowest BCUT2D eigenvalue weighted by Crippen LogP contribution is -2.36. The highest BCUT2D eigenvalue weighted by Crippen LogP contribution is 2.33. The molecule has 0 bridgehead atoms. The molecule has 0 unspecified atom stereocenters. The van der Waals surface area contributed by atoms with Crippen molar-refractivity contribution in [3.8, 4) is 22.8 Å². The van der Waals surface area contributed by atoms with Crippen LogP contribution in [0.1, 0.15) is 17.0 Å². The standard InChI is InChI=1S/C23H21N3O4S/c27-23(24-9-8-22-25-18(13-31-22)16-4-2-1-3-5-16)21-12-17(26-30-21)10-15-6-7-19-20(11-15)29-14-28-19/h1-7,11,13,21H,8-10,12,14H2,(H,24,27)/t21-/m1/s1. The van der Waals surface area contributed by atoms with E-state index < -0.39 is 6.10 Å². The van der Waals surface area contributed by atoms with Gasteiger partial charge >= 0.3 is 0 Å². The Morgan fingerprint density at radius 2 is 2.00 bits per heavy atom. The van der Waals surface area contributed by atoms with Crippen LogP contribution in [0.3, 0.4) is 0 Å². The Balaban J connectivity index is 1.08. The molecule has 2 aliphatic rings. The fraction of sp³-hybridized carbons (Fsp3) is 0.261. The Hall–Kier alpha value is -3.39. The van der Waals surface area contributed by atoms with E-state index in [0.717, 1.165) is 39.0 Å². The van der Waals surface area contributed by atoms with Crippen molar-refractivity contribution in [2.24, 2.45) is 5.16 Å². The van der Waals surface area contributed by atoms with Gasteiger partial charge in [-0.3, -0.25) is 4.79 Å². The molecule has 158 valence electrons. The van der Waals surface area contributed by atoms with Gasteiger partial charge in [-0.05, 0) is 17.7 Å². The summed E-state index contributed by atoms with van der Waals surface area (Å²) in [5, 5.41) is 10.1. The number of benzene rings is 2. The Morgan fingerprint density at radius 1 is 1.13 bits per heavy atom. The summed E-state index contributed by atoms with van der Waals surface area (Å²) in [5.41, 5.74) is 3.95. The zero-order valence-electron chi connectivity index (χ0n) is 16.7. The van der Waals surface area contributed by atoms with Crippen molar-refractivity contribution in [3.05, 3.63) is 64.5 Å². The number of hydrogen-bond donors (Lipinski definition) is 1. The van der Waals surface area contributed by atoms with Gasteiger partial charge in [0, 0.05) is 36.8 Å². The quantitative estimate of drug-likeness (QED) is 0.613. The predicted molar refractivity (Wildman–Crippen MR) is 117 cm³/mol. The number of nitrogens with zero attached hydrogens (tertiary/aromatic N) is 2. The van der Waals surface area contributed by atoms with Gasteiger partial charge < -0.3 is 19.6 Å². The van der Waals surface area contributed by atoms with Crippen LogP contribution in [0.5, 0.6) is 11.5 Å². The SMILES string of the molecule is O=C(NCCc1nc(-c2ccccc2)cs1)[C@H]1CC(Cc2ccc3c(c2)OCO3)=NO1. The van der Waals surface area contributed by atoms with Crippen LogP contribution in [0.4, 0.5) is 0 Å². The number of fused-ring (bicyclic) bond motifs is 1. The number of carbonyl (C=O) groups excluding carboxylic acids is 1. The molecular formula is C23H21N3O4S. The molecule has 2 aromatic carbocycles. The van der Waals surface area contributed by atoms with E-state index in [1.54, 1.807) is 11.3 Å². The molecule has 5 rings (SSSR count). The van der Waals surface area contributed by atoms with E-state index in [1.165, 1.54) is 0 Å². The number of carbonyl (C=O) groups is 1. The molecule has 2 aliphatic heterocycles. The van der Waals surface area contributed by atoms with E-state index in [9.17, 15) is 4.79 Å². The largest absolute Gasteiger partial charge is 0.454 e. The molecule has 0 saturated carbocycles. The highest BCUT2D eigenvalue weighted by atomic mass is 32.1. The number of ether oxygens (including phenoxy) is 2. The Kier molecular flexibility index (Phi) is 5.54. The van der Waals surface area contributed by atoms with Crippen LogP contribution in [0.15, 0.2) is 59.1 Å². The fourth-order valence-corrected chi connectivity index (χ4v) is 4.34. The molecule has 0 spiro atoms. The minimum absolute atomic E-state index is 0.149. The molecule has 0 aliphatic carbocycles. The molecule has 1 aromatic heterocycles. The third-order valence-electron chi connectivity index (χ3n) is 5.13. The minimum atomic E-state index is -0.583. The Labute approximate surface area is 183 Å². The highest BCUT2D eigenvalue weighted by Gasteiger charge is 2.28. The van der Waals surface area contributed by atoms with Crippen molar-refractivity contribution in [2.45, 2.75) is 25.4 Å². The highest BCUT2D eigenvalue weighted by molar-refractivity contribution is 7.09. The average molecular weight is 436 g/mol.